The van der Waals surface area contributed by atoms with E-state index in [1.54, 1.807) is 20.8 Å². The molecule has 0 spiro atoms. The molecule has 0 radical (unpaired) electrons. The summed E-state index contributed by atoms with van der Waals surface area (Å²) < 4.78 is 31.5. The van der Waals surface area contributed by atoms with Gasteiger partial charge in [0.1, 0.15) is 5.60 Å². The van der Waals surface area contributed by atoms with Crippen LogP contribution in [-0.2, 0) is 14.9 Å². The van der Waals surface area contributed by atoms with Crippen LogP contribution < -0.4 is 5.32 Å². The normalized spacial score (nSPS) is 21.7. The van der Waals surface area contributed by atoms with Crippen molar-refractivity contribution in [2.24, 2.45) is 0 Å². The predicted octanol–water partition coefficient (Wildman–Crippen LogP) is 0.392. The smallest absolute Gasteiger partial charge is 0.407 e. The summed E-state index contributed by atoms with van der Waals surface area (Å²) in [6.45, 7) is 6.03. The van der Waals surface area contributed by atoms with Crippen molar-refractivity contribution in [3.63, 3.8) is 0 Å². The van der Waals surface area contributed by atoms with Gasteiger partial charge in [0.05, 0.1) is 0 Å². The van der Waals surface area contributed by atoms with Gasteiger partial charge in [0, 0.05) is 33.2 Å². The Morgan fingerprint density at radius 2 is 1.95 bits per heavy atom. The minimum Gasteiger partial charge on any atom is -0.444 e. The predicted molar refractivity (Wildman–Crippen MR) is 72.0 cm³/mol. The van der Waals surface area contributed by atoms with Crippen molar-refractivity contribution < 1.29 is 17.9 Å². The van der Waals surface area contributed by atoms with E-state index >= 15 is 0 Å². The van der Waals surface area contributed by atoms with Crippen molar-refractivity contribution in [3.8, 4) is 0 Å². The molecule has 7 nitrogen and oxygen atoms in total. The molecule has 112 valence electrons. The maximum absolute atomic E-state index is 11.9. The molecular weight excluding hydrogens is 270 g/mol. The molecule has 0 saturated carbocycles. The summed E-state index contributed by atoms with van der Waals surface area (Å²) in [5.41, 5.74) is -0.557. The number of nitrogens with one attached hydrogen (secondary N) is 1. The van der Waals surface area contributed by atoms with Crippen LogP contribution in [0.5, 0.6) is 0 Å². The third kappa shape index (κ3) is 4.63. The Hall–Kier alpha value is -0.860. The molecule has 1 rings (SSSR count). The molecule has 1 aliphatic heterocycles. The van der Waals surface area contributed by atoms with E-state index in [2.05, 4.69) is 5.32 Å². The van der Waals surface area contributed by atoms with E-state index in [9.17, 15) is 13.2 Å². The number of hydrogen-bond acceptors (Lipinski definition) is 4. The van der Waals surface area contributed by atoms with Gasteiger partial charge in [-0.25, -0.2) is 4.79 Å². The van der Waals surface area contributed by atoms with Crippen molar-refractivity contribution in [1.82, 2.24) is 13.9 Å². The van der Waals surface area contributed by atoms with Crippen LogP contribution in [0.1, 0.15) is 27.2 Å². The number of rotatable bonds is 3. The first-order valence-corrected chi connectivity index (χ1v) is 7.59. The van der Waals surface area contributed by atoms with Gasteiger partial charge in [-0.15, -0.1) is 0 Å². The van der Waals surface area contributed by atoms with Gasteiger partial charge < -0.3 is 10.1 Å². The highest BCUT2D eigenvalue weighted by molar-refractivity contribution is 7.86. The number of carbonyl (C=O) groups excluding carboxylic acids is 1. The average molecular weight is 293 g/mol. The number of alkyl carbamates (subject to hydrolysis) is 1. The second-order valence-corrected chi connectivity index (χ2v) is 7.92. The van der Waals surface area contributed by atoms with Crippen LogP contribution in [0.2, 0.25) is 0 Å². The van der Waals surface area contributed by atoms with Gasteiger partial charge in [0.15, 0.2) is 0 Å². The fraction of sp³-hybridized carbons (Fsp3) is 0.909. The summed E-state index contributed by atoms with van der Waals surface area (Å²) in [6, 6.07) is -0.204. The zero-order valence-electron chi connectivity index (χ0n) is 12.1. The molecule has 1 fully saturated rings. The molecule has 8 heteroatoms. The molecule has 0 bridgehead atoms. The third-order valence-electron chi connectivity index (χ3n) is 2.66. The van der Waals surface area contributed by atoms with E-state index in [1.165, 1.54) is 22.7 Å². The number of carbonyl (C=O) groups is 1. The molecule has 0 aromatic heterocycles. The molecule has 1 unspecified atom stereocenters. The second kappa shape index (κ2) is 5.64. The Morgan fingerprint density at radius 1 is 1.37 bits per heavy atom. The number of ether oxygens (including phenoxy) is 1. The molecule has 1 aliphatic rings. The molecule has 0 aliphatic carbocycles. The highest BCUT2D eigenvalue weighted by Crippen LogP contribution is 2.16. The first-order valence-electron chi connectivity index (χ1n) is 6.19. The van der Waals surface area contributed by atoms with Crippen molar-refractivity contribution in [2.75, 3.05) is 27.2 Å². The monoisotopic (exact) mass is 293 g/mol. The quantitative estimate of drug-likeness (QED) is 0.816. The van der Waals surface area contributed by atoms with Crippen LogP contribution in [0.25, 0.3) is 0 Å². The lowest BCUT2D eigenvalue weighted by molar-refractivity contribution is 0.0507. The van der Waals surface area contributed by atoms with E-state index in [0.29, 0.717) is 13.0 Å². The van der Waals surface area contributed by atoms with Crippen LogP contribution in [0.4, 0.5) is 4.79 Å². The van der Waals surface area contributed by atoms with Crippen LogP contribution >= 0.6 is 0 Å². The van der Waals surface area contributed by atoms with Crippen LogP contribution in [0.3, 0.4) is 0 Å². The average Bonchev–Trinajstić information content (AvgIpc) is 2.62. The van der Waals surface area contributed by atoms with Crippen molar-refractivity contribution in [2.45, 2.75) is 38.8 Å². The van der Waals surface area contributed by atoms with Crippen molar-refractivity contribution in [3.05, 3.63) is 0 Å². The minimum atomic E-state index is -3.41. The van der Waals surface area contributed by atoms with Crippen LogP contribution in [0, 0.1) is 0 Å². The van der Waals surface area contributed by atoms with Crippen molar-refractivity contribution >= 4 is 16.3 Å². The Labute approximate surface area is 115 Å². The topological polar surface area (TPSA) is 79.0 Å². The molecule has 1 atom stereocenters. The van der Waals surface area contributed by atoms with Gasteiger partial charge >= 0.3 is 6.09 Å². The summed E-state index contributed by atoms with van der Waals surface area (Å²) >= 11 is 0. The standard InChI is InChI=1S/C11H23N3O4S/c1-11(2,3)18-10(15)12-9-6-7-14(8-9)19(16,17)13(4)5/h9H,6-8H2,1-5H3,(H,12,15). The third-order valence-corrected chi connectivity index (χ3v) is 4.57. The lowest BCUT2D eigenvalue weighted by atomic mass is 10.2. The van der Waals surface area contributed by atoms with E-state index < -0.39 is 21.9 Å². The van der Waals surface area contributed by atoms with Crippen LogP contribution in [-0.4, -0.2) is 61.9 Å². The summed E-state index contributed by atoms with van der Waals surface area (Å²) in [7, 11) is -0.426. The maximum atomic E-state index is 11.9. The highest BCUT2D eigenvalue weighted by Gasteiger charge is 2.34. The lowest BCUT2D eigenvalue weighted by Gasteiger charge is -2.23. The first-order chi connectivity index (χ1) is 8.52. The van der Waals surface area contributed by atoms with Gasteiger partial charge in [-0.2, -0.15) is 17.0 Å². The van der Waals surface area contributed by atoms with Gasteiger partial charge in [-0.1, -0.05) is 0 Å². The summed E-state index contributed by atoms with van der Waals surface area (Å²) in [4.78, 5) is 11.6. The molecule has 1 heterocycles. The number of hydrogen-bond donors (Lipinski definition) is 1. The zero-order valence-corrected chi connectivity index (χ0v) is 13.0. The summed E-state index contributed by atoms with van der Waals surface area (Å²) in [5, 5.41) is 2.69. The first kappa shape index (κ1) is 16.2. The Balaban J connectivity index is 2.52. The fourth-order valence-corrected chi connectivity index (χ4v) is 2.93. The zero-order chi connectivity index (χ0) is 14.8. The van der Waals surface area contributed by atoms with E-state index in [4.69, 9.17) is 4.74 Å². The molecule has 1 saturated heterocycles. The fourth-order valence-electron chi connectivity index (χ4n) is 1.76. The molecular formula is C11H23N3O4S. The SMILES string of the molecule is CN(C)S(=O)(=O)N1CCC(NC(=O)OC(C)(C)C)C1. The van der Waals surface area contributed by atoms with E-state index in [0.717, 1.165) is 0 Å². The molecule has 1 amide bonds. The highest BCUT2D eigenvalue weighted by atomic mass is 32.2. The molecule has 0 aromatic rings. The molecule has 1 N–H and O–H groups in total. The Bertz CT molecular complexity index is 428. The second-order valence-electron chi connectivity index (χ2n) is 5.78. The van der Waals surface area contributed by atoms with Gasteiger partial charge in [0.25, 0.3) is 10.2 Å². The van der Waals surface area contributed by atoms with Gasteiger partial charge in [-0.3, -0.25) is 0 Å². The minimum absolute atomic E-state index is 0.204. The number of amides is 1. The molecule has 19 heavy (non-hydrogen) atoms. The Kier molecular flexibility index (Phi) is 4.81. The lowest BCUT2D eigenvalue weighted by Crippen LogP contribution is -2.43. The van der Waals surface area contributed by atoms with Crippen molar-refractivity contribution in [1.29, 1.82) is 0 Å². The summed E-state index contributed by atoms with van der Waals surface area (Å²) in [6.07, 6.45) is 0.0772. The largest absolute Gasteiger partial charge is 0.444 e. The van der Waals surface area contributed by atoms with Gasteiger partial charge in [-0.05, 0) is 27.2 Å². The number of nitrogens with zero attached hydrogens (tertiary/aromatic N) is 2. The van der Waals surface area contributed by atoms with Gasteiger partial charge in [0.2, 0.25) is 0 Å². The van der Waals surface area contributed by atoms with E-state index in [1.807, 2.05) is 0 Å². The summed E-state index contributed by atoms with van der Waals surface area (Å²) in [5.74, 6) is 0. The maximum Gasteiger partial charge on any atom is 0.407 e. The van der Waals surface area contributed by atoms with E-state index in [-0.39, 0.29) is 12.6 Å². The Morgan fingerprint density at radius 3 is 2.42 bits per heavy atom. The van der Waals surface area contributed by atoms with Crippen LogP contribution in [0.15, 0.2) is 0 Å². The molecule has 0 aromatic carbocycles.